The Morgan fingerprint density at radius 3 is 3.09 bits per heavy atom. The fourth-order valence-corrected chi connectivity index (χ4v) is 3.14. The number of anilines is 1. The van der Waals surface area contributed by atoms with Crippen molar-refractivity contribution in [1.82, 2.24) is 15.5 Å². The van der Waals surface area contributed by atoms with Gasteiger partial charge in [-0.3, -0.25) is 4.79 Å². The minimum absolute atomic E-state index is 0.0543. The van der Waals surface area contributed by atoms with Gasteiger partial charge in [-0.25, -0.2) is 0 Å². The van der Waals surface area contributed by atoms with Gasteiger partial charge in [0.05, 0.1) is 24.4 Å². The largest absolute Gasteiger partial charge is 0.383 e. The van der Waals surface area contributed by atoms with E-state index in [1.165, 1.54) is 0 Å². The van der Waals surface area contributed by atoms with E-state index >= 15 is 0 Å². The predicted molar refractivity (Wildman–Crippen MR) is 80.7 cm³/mol. The van der Waals surface area contributed by atoms with E-state index in [4.69, 9.17) is 9.47 Å². The lowest BCUT2D eigenvalue weighted by Gasteiger charge is -2.23. The summed E-state index contributed by atoms with van der Waals surface area (Å²) in [4.78, 5) is 14.3. The average molecular weight is 306 g/mol. The van der Waals surface area contributed by atoms with Crippen LogP contribution in [0.4, 0.5) is 5.82 Å². The third-order valence-corrected chi connectivity index (χ3v) is 4.25. The molecule has 7 heteroatoms. The predicted octanol–water partition coefficient (Wildman–Crippen LogP) is 0.284. The highest BCUT2D eigenvalue weighted by molar-refractivity contribution is 5.81. The van der Waals surface area contributed by atoms with Crippen molar-refractivity contribution in [2.24, 2.45) is 0 Å². The van der Waals surface area contributed by atoms with Crippen molar-refractivity contribution in [1.29, 1.82) is 0 Å². The first-order valence-corrected chi connectivity index (χ1v) is 7.68. The highest BCUT2D eigenvalue weighted by atomic mass is 16.5. The van der Waals surface area contributed by atoms with Gasteiger partial charge in [0.25, 0.3) is 0 Å². The van der Waals surface area contributed by atoms with E-state index in [9.17, 15) is 4.79 Å². The number of carbonyl (C=O) groups excluding carboxylic acids is 1. The fourth-order valence-electron chi connectivity index (χ4n) is 3.14. The van der Waals surface area contributed by atoms with Crippen LogP contribution in [0.25, 0.3) is 0 Å². The van der Waals surface area contributed by atoms with E-state index in [-0.39, 0.29) is 24.2 Å². The monoisotopic (exact) mass is 306 g/mol. The number of aromatic nitrogens is 2. The van der Waals surface area contributed by atoms with Crippen molar-refractivity contribution in [2.75, 3.05) is 31.7 Å². The van der Waals surface area contributed by atoms with Crippen molar-refractivity contribution in [3.05, 3.63) is 17.8 Å². The smallest absolute Gasteiger partial charge is 0.249 e. The molecule has 2 saturated heterocycles. The van der Waals surface area contributed by atoms with Gasteiger partial charge in [0.1, 0.15) is 6.10 Å². The molecule has 3 atom stereocenters. The molecule has 0 radical (unpaired) electrons. The number of methoxy groups -OCH3 is 1. The maximum atomic E-state index is 12.1. The van der Waals surface area contributed by atoms with E-state index in [0.717, 1.165) is 24.5 Å². The Balaban J connectivity index is 1.61. The average Bonchev–Trinajstić information content (AvgIpc) is 3.09. The Hall–Kier alpha value is -1.73. The minimum Gasteiger partial charge on any atom is -0.383 e. The second-order valence-electron chi connectivity index (χ2n) is 5.77. The zero-order valence-corrected chi connectivity index (χ0v) is 13.0. The highest BCUT2D eigenvalue weighted by Crippen LogP contribution is 2.35. The lowest BCUT2D eigenvalue weighted by atomic mass is 10.1. The van der Waals surface area contributed by atoms with E-state index < -0.39 is 0 Å². The van der Waals surface area contributed by atoms with E-state index in [0.29, 0.717) is 19.6 Å². The Kier molecular flexibility index (Phi) is 4.54. The number of amides is 1. The number of fused-ring (bicyclic) bond motifs is 1. The van der Waals surface area contributed by atoms with Gasteiger partial charge in [0.2, 0.25) is 5.91 Å². The molecule has 3 rings (SSSR count). The molecule has 0 spiro atoms. The lowest BCUT2D eigenvalue weighted by Crippen LogP contribution is -2.38. The SMILES string of the molecule is COCCNC(=O)[C@H]1C[C@H]2[C@H](CCN2c2ccc(C)nn2)O1. The molecule has 22 heavy (non-hydrogen) atoms. The maximum absolute atomic E-state index is 12.1. The molecule has 0 aliphatic carbocycles. The summed E-state index contributed by atoms with van der Waals surface area (Å²) in [6.45, 7) is 3.84. The van der Waals surface area contributed by atoms with Crippen molar-refractivity contribution in [3.63, 3.8) is 0 Å². The number of nitrogens with zero attached hydrogens (tertiary/aromatic N) is 3. The lowest BCUT2D eigenvalue weighted by molar-refractivity contribution is -0.132. The molecule has 7 nitrogen and oxygen atoms in total. The molecule has 0 aromatic carbocycles. The molecule has 0 bridgehead atoms. The molecular weight excluding hydrogens is 284 g/mol. The van der Waals surface area contributed by atoms with Crippen LogP contribution in [0.2, 0.25) is 0 Å². The Bertz CT molecular complexity index is 522. The van der Waals surface area contributed by atoms with Gasteiger partial charge in [0.15, 0.2) is 5.82 Å². The van der Waals surface area contributed by atoms with Crippen LogP contribution in [0.1, 0.15) is 18.5 Å². The molecule has 0 unspecified atom stereocenters. The van der Waals surface area contributed by atoms with E-state index in [1.807, 2.05) is 19.1 Å². The number of hydrogen-bond donors (Lipinski definition) is 1. The molecule has 120 valence electrons. The number of ether oxygens (including phenoxy) is 2. The van der Waals surface area contributed by atoms with Gasteiger partial charge in [-0.1, -0.05) is 0 Å². The molecule has 1 aromatic heterocycles. The van der Waals surface area contributed by atoms with Gasteiger partial charge in [-0.15, -0.1) is 5.10 Å². The van der Waals surface area contributed by atoms with Crippen molar-refractivity contribution < 1.29 is 14.3 Å². The Labute approximate surface area is 130 Å². The first-order valence-electron chi connectivity index (χ1n) is 7.68. The van der Waals surface area contributed by atoms with Crippen LogP contribution < -0.4 is 10.2 Å². The van der Waals surface area contributed by atoms with Gasteiger partial charge in [0, 0.05) is 26.6 Å². The summed E-state index contributed by atoms with van der Waals surface area (Å²) < 4.78 is 10.8. The number of aryl methyl sites for hydroxylation is 1. The van der Waals surface area contributed by atoms with Crippen LogP contribution >= 0.6 is 0 Å². The zero-order valence-electron chi connectivity index (χ0n) is 13.0. The molecule has 1 N–H and O–H groups in total. The van der Waals surface area contributed by atoms with Crippen LogP contribution in [-0.2, 0) is 14.3 Å². The molecule has 3 heterocycles. The Morgan fingerprint density at radius 1 is 1.50 bits per heavy atom. The second-order valence-corrected chi connectivity index (χ2v) is 5.77. The third-order valence-electron chi connectivity index (χ3n) is 4.25. The molecular formula is C15H22N4O3. The molecule has 2 aliphatic rings. The maximum Gasteiger partial charge on any atom is 0.249 e. The molecule has 0 saturated carbocycles. The zero-order chi connectivity index (χ0) is 15.5. The van der Waals surface area contributed by atoms with Gasteiger partial charge >= 0.3 is 0 Å². The van der Waals surface area contributed by atoms with Crippen molar-refractivity contribution in [3.8, 4) is 0 Å². The molecule has 2 aliphatic heterocycles. The van der Waals surface area contributed by atoms with Crippen LogP contribution in [0, 0.1) is 6.92 Å². The molecule has 1 aromatic rings. The normalized spacial score (nSPS) is 27.0. The summed E-state index contributed by atoms with van der Waals surface area (Å²) in [7, 11) is 1.61. The summed E-state index contributed by atoms with van der Waals surface area (Å²) in [6.07, 6.45) is 1.33. The summed E-state index contributed by atoms with van der Waals surface area (Å²) in [6, 6.07) is 4.15. The van der Waals surface area contributed by atoms with Crippen LogP contribution in [0.5, 0.6) is 0 Å². The quantitative estimate of drug-likeness (QED) is 0.788. The van der Waals surface area contributed by atoms with Gasteiger partial charge in [-0.2, -0.15) is 5.10 Å². The molecule has 1 amide bonds. The Morgan fingerprint density at radius 2 is 2.36 bits per heavy atom. The summed E-state index contributed by atoms with van der Waals surface area (Å²) in [5.74, 6) is 0.809. The van der Waals surface area contributed by atoms with E-state index in [1.54, 1.807) is 7.11 Å². The highest BCUT2D eigenvalue weighted by Gasteiger charge is 2.46. The number of carbonyl (C=O) groups is 1. The first-order chi connectivity index (χ1) is 10.7. The first kappa shape index (κ1) is 15.2. The number of nitrogens with one attached hydrogen (secondary N) is 1. The summed E-state index contributed by atoms with van der Waals surface area (Å²) in [5, 5.41) is 11.2. The van der Waals surface area contributed by atoms with Crippen LogP contribution in [-0.4, -0.2) is 61.2 Å². The van der Waals surface area contributed by atoms with Gasteiger partial charge in [-0.05, 0) is 25.5 Å². The number of hydrogen-bond acceptors (Lipinski definition) is 6. The third kappa shape index (κ3) is 3.05. The topological polar surface area (TPSA) is 76.6 Å². The van der Waals surface area contributed by atoms with Crippen LogP contribution in [0.3, 0.4) is 0 Å². The second kappa shape index (κ2) is 6.58. The standard InChI is InChI=1S/C15H22N4O3/c1-10-3-4-14(18-17-10)19-7-5-12-11(19)9-13(22-12)15(20)16-6-8-21-2/h3-4,11-13H,5-9H2,1-2H3,(H,16,20)/t11-,12-,13+/m0/s1. The van der Waals surface area contributed by atoms with Crippen molar-refractivity contribution >= 4 is 11.7 Å². The van der Waals surface area contributed by atoms with Crippen LogP contribution in [0.15, 0.2) is 12.1 Å². The number of rotatable bonds is 5. The van der Waals surface area contributed by atoms with E-state index in [2.05, 4.69) is 20.4 Å². The minimum atomic E-state index is -0.381. The summed E-state index contributed by atoms with van der Waals surface area (Å²) >= 11 is 0. The fraction of sp³-hybridized carbons (Fsp3) is 0.667. The molecule has 2 fully saturated rings. The summed E-state index contributed by atoms with van der Waals surface area (Å²) in [5.41, 5.74) is 0.901. The van der Waals surface area contributed by atoms with Crippen molar-refractivity contribution in [2.45, 2.75) is 38.0 Å². The van der Waals surface area contributed by atoms with Gasteiger partial charge < -0.3 is 19.7 Å².